The predicted octanol–water partition coefficient (Wildman–Crippen LogP) is 4.30. The van der Waals surface area contributed by atoms with Gasteiger partial charge in [-0.05, 0) is 36.8 Å². The highest BCUT2D eigenvalue weighted by molar-refractivity contribution is 9.10. The minimum absolute atomic E-state index is 0.236. The summed E-state index contributed by atoms with van der Waals surface area (Å²) in [5.74, 6) is -0.615. The fourth-order valence-corrected chi connectivity index (χ4v) is 2.44. The third kappa shape index (κ3) is 3.61. The Morgan fingerprint density at radius 1 is 1.33 bits per heavy atom. The van der Waals surface area contributed by atoms with E-state index in [-0.39, 0.29) is 11.8 Å². The van der Waals surface area contributed by atoms with Gasteiger partial charge in [0.2, 0.25) is 0 Å². The Bertz CT molecular complexity index is 673. The molecule has 0 aromatic heterocycles. The molecule has 2 aromatic carbocycles. The largest absolute Gasteiger partial charge is 0.465 e. The van der Waals surface area contributed by atoms with Crippen LogP contribution in [0.1, 0.15) is 21.5 Å². The first-order chi connectivity index (χ1) is 10.0. The second kappa shape index (κ2) is 6.72. The fraction of sp³-hybridized carbons (Fsp3) is 0.188. The zero-order chi connectivity index (χ0) is 15.4. The van der Waals surface area contributed by atoms with E-state index in [2.05, 4.69) is 26.0 Å². The highest BCUT2D eigenvalue weighted by atomic mass is 79.9. The van der Waals surface area contributed by atoms with Crippen LogP contribution in [0.5, 0.6) is 0 Å². The van der Waals surface area contributed by atoms with E-state index in [1.165, 1.54) is 13.2 Å². The van der Waals surface area contributed by atoms with Crippen molar-refractivity contribution >= 4 is 27.6 Å². The van der Waals surface area contributed by atoms with E-state index in [1.54, 1.807) is 25.1 Å². The van der Waals surface area contributed by atoms with E-state index in [1.807, 2.05) is 12.1 Å². The van der Waals surface area contributed by atoms with Crippen molar-refractivity contribution in [1.82, 2.24) is 0 Å². The number of nitrogens with one attached hydrogen (secondary N) is 1. The molecule has 1 N–H and O–H groups in total. The lowest BCUT2D eigenvalue weighted by molar-refractivity contribution is 0.0600. The summed E-state index contributed by atoms with van der Waals surface area (Å²) in [5, 5.41) is 3.19. The first-order valence-corrected chi connectivity index (χ1v) is 7.18. The van der Waals surface area contributed by atoms with Crippen LogP contribution in [0.3, 0.4) is 0 Å². The van der Waals surface area contributed by atoms with Crippen LogP contribution in [-0.4, -0.2) is 13.1 Å². The number of hydrogen-bond donors (Lipinski definition) is 1. The first-order valence-electron chi connectivity index (χ1n) is 6.38. The number of benzene rings is 2. The van der Waals surface area contributed by atoms with Gasteiger partial charge in [-0.25, -0.2) is 9.18 Å². The molecule has 0 amide bonds. The van der Waals surface area contributed by atoms with Crippen molar-refractivity contribution in [2.75, 3.05) is 12.4 Å². The number of esters is 1. The molecular formula is C16H15BrFNO2. The lowest BCUT2D eigenvalue weighted by atomic mass is 10.1. The monoisotopic (exact) mass is 351 g/mol. The Kier molecular flexibility index (Phi) is 4.96. The molecule has 0 aliphatic heterocycles. The van der Waals surface area contributed by atoms with Gasteiger partial charge < -0.3 is 10.1 Å². The maximum Gasteiger partial charge on any atom is 0.337 e. The molecule has 5 heteroatoms. The SMILES string of the molecule is COC(=O)c1ccc(CNc2cccc(F)c2C)c(Br)c1. The number of methoxy groups -OCH3 is 1. The molecule has 0 aliphatic carbocycles. The van der Waals surface area contributed by atoms with Gasteiger partial charge in [0.05, 0.1) is 12.7 Å². The summed E-state index contributed by atoms with van der Waals surface area (Å²) in [7, 11) is 1.35. The van der Waals surface area contributed by atoms with Crippen LogP contribution in [0.4, 0.5) is 10.1 Å². The summed E-state index contributed by atoms with van der Waals surface area (Å²) in [6.07, 6.45) is 0. The van der Waals surface area contributed by atoms with E-state index in [0.29, 0.717) is 17.7 Å². The molecule has 0 spiro atoms. The van der Waals surface area contributed by atoms with Gasteiger partial charge in [0.15, 0.2) is 0 Å². The lowest BCUT2D eigenvalue weighted by Gasteiger charge is -2.12. The highest BCUT2D eigenvalue weighted by Crippen LogP contribution is 2.22. The number of anilines is 1. The van der Waals surface area contributed by atoms with Gasteiger partial charge in [-0.1, -0.05) is 28.1 Å². The van der Waals surface area contributed by atoms with Crippen LogP contribution in [-0.2, 0) is 11.3 Å². The highest BCUT2D eigenvalue weighted by Gasteiger charge is 2.09. The molecule has 0 saturated carbocycles. The molecule has 0 aliphatic rings. The lowest BCUT2D eigenvalue weighted by Crippen LogP contribution is -2.05. The number of carbonyl (C=O) groups is 1. The van der Waals surface area contributed by atoms with Crippen LogP contribution in [0.15, 0.2) is 40.9 Å². The van der Waals surface area contributed by atoms with Crippen molar-refractivity contribution < 1.29 is 13.9 Å². The van der Waals surface area contributed by atoms with Crippen LogP contribution in [0.2, 0.25) is 0 Å². The zero-order valence-corrected chi connectivity index (χ0v) is 13.3. The Morgan fingerprint density at radius 3 is 2.76 bits per heavy atom. The van der Waals surface area contributed by atoms with Gasteiger partial charge in [-0.2, -0.15) is 0 Å². The molecule has 2 aromatic rings. The van der Waals surface area contributed by atoms with E-state index >= 15 is 0 Å². The average Bonchev–Trinajstić information content (AvgIpc) is 2.49. The second-order valence-electron chi connectivity index (χ2n) is 4.56. The molecule has 0 fully saturated rings. The molecule has 2 rings (SSSR count). The minimum Gasteiger partial charge on any atom is -0.465 e. The molecule has 21 heavy (non-hydrogen) atoms. The summed E-state index contributed by atoms with van der Waals surface area (Å²) in [6, 6.07) is 10.2. The number of rotatable bonds is 4. The number of halogens is 2. The van der Waals surface area contributed by atoms with Crippen molar-refractivity contribution in [2.45, 2.75) is 13.5 Å². The van der Waals surface area contributed by atoms with Gasteiger partial charge in [-0.3, -0.25) is 0 Å². The Labute approximate surface area is 131 Å². The third-order valence-corrected chi connectivity index (χ3v) is 3.95. The van der Waals surface area contributed by atoms with Crippen molar-refractivity contribution in [2.24, 2.45) is 0 Å². The molecular weight excluding hydrogens is 337 g/mol. The van der Waals surface area contributed by atoms with Crippen LogP contribution >= 0.6 is 15.9 Å². The maximum atomic E-state index is 13.5. The number of hydrogen-bond acceptors (Lipinski definition) is 3. The maximum absolute atomic E-state index is 13.5. The van der Waals surface area contributed by atoms with Gasteiger partial charge >= 0.3 is 5.97 Å². The van der Waals surface area contributed by atoms with Crippen molar-refractivity contribution in [3.63, 3.8) is 0 Å². The van der Waals surface area contributed by atoms with Crippen LogP contribution in [0.25, 0.3) is 0 Å². The Morgan fingerprint density at radius 2 is 2.10 bits per heavy atom. The van der Waals surface area contributed by atoms with Gasteiger partial charge in [0, 0.05) is 22.3 Å². The van der Waals surface area contributed by atoms with Gasteiger partial charge in [0.1, 0.15) is 5.82 Å². The smallest absolute Gasteiger partial charge is 0.337 e. The summed E-state index contributed by atoms with van der Waals surface area (Å²) in [5.41, 5.74) is 2.78. The third-order valence-electron chi connectivity index (χ3n) is 3.21. The number of ether oxygens (including phenoxy) is 1. The van der Waals surface area contributed by atoms with Crippen molar-refractivity contribution in [3.8, 4) is 0 Å². The summed E-state index contributed by atoms with van der Waals surface area (Å²) in [6.45, 7) is 2.25. The number of carbonyl (C=O) groups excluding carboxylic acids is 1. The second-order valence-corrected chi connectivity index (χ2v) is 5.42. The van der Waals surface area contributed by atoms with Crippen molar-refractivity contribution in [1.29, 1.82) is 0 Å². The van der Waals surface area contributed by atoms with Crippen molar-refractivity contribution in [3.05, 3.63) is 63.4 Å². The van der Waals surface area contributed by atoms with Crippen LogP contribution in [0, 0.1) is 12.7 Å². The normalized spacial score (nSPS) is 10.3. The van der Waals surface area contributed by atoms with E-state index < -0.39 is 0 Å². The Balaban J connectivity index is 2.13. The van der Waals surface area contributed by atoms with Gasteiger partial charge in [0.25, 0.3) is 0 Å². The summed E-state index contributed by atoms with van der Waals surface area (Å²) >= 11 is 3.43. The molecule has 0 heterocycles. The Hall–Kier alpha value is -1.88. The quantitative estimate of drug-likeness (QED) is 0.834. The van der Waals surface area contributed by atoms with E-state index in [0.717, 1.165) is 15.7 Å². The molecule has 0 atom stereocenters. The van der Waals surface area contributed by atoms with Gasteiger partial charge in [-0.15, -0.1) is 0 Å². The molecule has 110 valence electrons. The average molecular weight is 352 g/mol. The topological polar surface area (TPSA) is 38.3 Å². The minimum atomic E-state index is -0.379. The standard InChI is InChI=1S/C16H15BrFNO2/c1-10-14(18)4-3-5-15(10)19-9-12-7-6-11(8-13(12)17)16(20)21-2/h3-8,19H,9H2,1-2H3. The molecule has 3 nitrogen and oxygen atoms in total. The van der Waals surface area contributed by atoms with E-state index in [4.69, 9.17) is 0 Å². The first kappa shape index (κ1) is 15.5. The molecule has 0 radical (unpaired) electrons. The summed E-state index contributed by atoms with van der Waals surface area (Å²) in [4.78, 5) is 11.4. The van der Waals surface area contributed by atoms with E-state index in [9.17, 15) is 9.18 Å². The zero-order valence-electron chi connectivity index (χ0n) is 11.7. The predicted molar refractivity (Wildman–Crippen MR) is 83.9 cm³/mol. The molecule has 0 bridgehead atoms. The summed E-state index contributed by atoms with van der Waals surface area (Å²) < 4.78 is 18.9. The fourth-order valence-electron chi connectivity index (χ4n) is 1.92. The molecule has 0 unspecified atom stereocenters. The molecule has 0 saturated heterocycles. The van der Waals surface area contributed by atoms with Crippen LogP contribution < -0.4 is 5.32 Å².